The summed E-state index contributed by atoms with van der Waals surface area (Å²) in [4.78, 5) is 16.3. The minimum atomic E-state index is -3.50. The minimum Gasteiger partial charge on any atom is -0.352 e. The molecule has 1 amide bonds. The van der Waals surface area contributed by atoms with Gasteiger partial charge in [0.25, 0.3) is 5.91 Å². The summed E-state index contributed by atoms with van der Waals surface area (Å²) in [6.45, 7) is 0.506. The molecule has 1 aromatic heterocycles. The zero-order valence-corrected chi connectivity index (χ0v) is 14.6. The normalized spacial score (nSPS) is 14.7. The molecule has 0 radical (unpaired) electrons. The molecule has 132 valence electrons. The van der Waals surface area contributed by atoms with E-state index in [1.54, 1.807) is 12.4 Å². The number of nitrogens with zero attached hydrogens (tertiary/aromatic N) is 1. The smallest absolute Gasteiger partial charge is 0.251 e. The Morgan fingerprint density at radius 2 is 1.76 bits per heavy atom. The molecular formula is C18H21N3O3S. The van der Waals surface area contributed by atoms with E-state index in [1.807, 2.05) is 12.1 Å². The van der Waals surface area contributed by atoms with E-state index in [0.29, 0.717) is 18.5 Å². The van der Waals surface area contributed by atoms with Crippen molar-refractivity contribution in [3.8, 4) is 0 Å². The Kier molecular flexibility index (Phi) is 5.45. The number of amides is 1. The first-order valence-electron chi connectivity index (χ1n) is 8.34. The van der Waals surface area contributed by atoms with E-state index >= 15 is 0 Å². The Balaban J connectivity index is 1.55. The maximum atomic E-state index is 12.2. The van der Waals surface area contributed by atoms with Gasteiger partial charge in [-0.1, -0.05) is 6.42 Å². The fourth-order valence-electron chi connectivity index (χ4n) is 2.57. The van der Waals surface area contributed by atoms with Gasteiger partial charge in [-0.3, -0.25) is 9.78 Å². The van der Waals surface area contributed by atoms with Gasteiger partial charge in [0.2, 0.25) is 10.0 Å². The lowest BCUT2D eigenvalue weighted by atomic mass is 9.94. The van der Waals surface area contributed by atoms with Crippen molar-refractivity contribution in [2.75, 3.05) is 6.54 Å². The van der Waals surface area contributed by atoms with E-state index in [-0.39, 0.29) is 16.8 Å². The second kappa shape index (κ2) is 7.76. The van der Waals surface area contributed by atoms with Gasteiger partial charge < -0.3 is 5.32 Å². The summed E-state index contributed by atoms with van der Waals surface area (Å²) in [6, 6.07) is 9.87. The predicted octanol–water partition coefficient (Wildman–Crippen LogP) is 1.88. The highest BCUT2D eigenvalue weighted by Crippen LogP contribution is 2.21. The lowest BCUT2D eigenvalue weighted by molar-refractivity contribution is 0.0954. The molecule has 1 aliphatic carbocycles. The van der Waals surface area contributed by atoms with Crippen LogP contribution in [-0.2, 0) is 16.4 Å². The molecule has 7 heteroatoms. The van der Waals surface area contributed by atoms with Crippen LogP contribution in [0.1, 0.15) is 35.2 Å². The predicted molar refractivity (Wildman–Crippen MR) is 94.7 cm³/mol. The van der Waals surface area contributed by atoms with Crippen LogP contribution in [0.2, 0.25) is 0 Å². The standard InChI is InChI=1S/C18H21N3O3S/c22-18(20-13-10-14-8-11-19-12-9-14)15-4-6-17(7-5-15)25(23,24)21-16-2-1-3-16/h4-9,11-12,16,21H,1-3,10,13H2,(H,20,22). The summed E-state index contributed by atoms with van der Waals surface area (Å²) in [5.41, 5.74) is 1.54. The van der Waals surface area contributed by atoms with E-state index < -0.39 is 10.0 Å². The van der Waals surface area contributed by atoms with Crippen LogP contribution in [-0.4, -0.2) is 31.9 Å². The fourth-order valence-corrected chi connectivity index (χ4v) is 3.88. The topological polar surface area (TPSA) is 88.2 Å². The number of carbonyl (C=O) groups excluding carboxylic acids is 1. The van der Waals surface area contributed by atoms with Crippen molar-refractivity contribution in [1.82, 2.24) is 15.0 Å². The van der Waals surface area contributed by atoms with Crippen LogP contribution in [0, 0.1) is 0 Å². The molecule has 3 rings (SSSR count). The van der Waals surface area contributed by atoms with Crippen molar-refractivity contribution in [3.05, 3.63) is 59.9 Å². The Morgan fingerprint density at radius 3 is 2.36 bits per heavy atom. The summed E-state index contributed by atoms with van der Waals surface area (Å²) in [6.07, 6.45) is 6.98. The monoisotopic (exact) mass is 359 g/mol. The van der Waals surface area contributed by atoms with Gasteiger partial charge in [0.1, 0.15) is 0 Å². The average molecular weight is 359 g/mol. The van der Waals surface area contributed by atoms with Gasteiger partial charge in [-0.25, -0.2) is 13.1 Å². The van der Waals surface area contributed by atoms with Gasteiger partial charge in [-0.15, -0.1) is 0 Å². The third kappa shape index (κ3) is 4.64. The molecule has 2 aromatic rings. The molecule has 1 fully saturated rings. The molecule has 0 aliphatic heterocycles. The second-order valence-corrected chi connectivity index (χ2v) is 7.85. The highest BCUT2D eigenvalue weighted by atomic mass is 32.2. The van der Waals surface area contributed by atoms with Gasteiger partial charge in [0.05, 0.1) is 4.90 Å². The highest BCUT2D eigenvalue weighted by molar-refractivity contribution is 7.89. The molecule has 0 spiro atoms. The molecule has 25 heavy (non-hydrogen) atoms. The van der Waals surface area contributed by atoms with Gasteiger partial charge >= 0.3 is 0 Å². The highest BCUT2D eigenvalue weighted by Gasteiger charge is 2.24. The maximum absolute atomic E-state index is 12.2. The summed E-state index contributed by atoms with van der Waals surface area (Å²) in [5.74, 6) is -0.218. The number of hydrogen-bond donors (Lipinski definition) is 2. The molecule has 1 saturated carbocycles. The number of pyridine rings is 1. The minimum absolute atomic E-state index is 0.0427. The Bertz CT molecular complexity index is 816. The van der Waals surface area contributed by atoms with Crippen LogP contribution in [0.4, 0.5) is 0 Å². The van der Waals surface area contributed by atoms with Crippen LogP contribution in [0.3, 0.4) is 0 Å². The fraction of sp³-hybridized carbons (Fsp3) is 0.333. The van der Waals surface area contributed by atoms with E-state index in [1.165, 1.54) is 24.3 Å². The number of hydrogen-bond acceptors (Lipinski definition) is 4. The molecule has 1 heterocycles. The van der Waals surface area contributed by atoms with Gasteiger partial charge in [-0.2, -0.15) is 0 Å². The third-order valence-corrected chi connectivity index (χ3v) is 5.84. The quantitative estimate of drug-likeness (QED) is 0.790. The van der Waals surface area contributed by atoms with E-state index in [4.69, 9.17) is 0 Å². The third-order valence-electron chi connectivity index (χ3n) is 4.30. The number of sulfonamides is 1. The van der Waals surface area contributed by atoms with Crippen molar-refractivity contribution < 1.29 is 13.2 Å². The van der Waals surface area contributed by atoms with Crippen molar-refractivity contribution >= 4 is 15.9 Å². The van der Waals surface area contributed by atoms with Crippen molar-refractivity contribution in [3.63, 3.8) is 0 Å². The summed E-state index contributed by atoms with van der Waals surface area (Å²) in [7, 11) is -3.50. The van der Waals surface area contributed by atoms with Crippen LogP contribution in [0.15, 0.2) is 53.7 Å². The molecule has 0 atom stereocenters. The first-order valence-corrected chi connectivity index (χ1v) is 9.82. The first-order chi connectivity index (χ1) is 12.0. The molecule has 0 saturated heterocycles. The molecular weight excluding hydrogens is 338 g/mol. The number of carbonyl (C=O) groups is 1. The summed E-state index contributed by atoms with van der Waals surface area (Å²) in [5, 5.41) is 2.83. The van der Waals surface area contributed by atoms with Crippen LogP contribution >= 0.6 is 0 Å². The summed E-state index contributed by atoms with van der Waals surface area (Å²) >= 11 is 0. The van der Waals surface area contributed by atoms with Crippen LogP contribution in [0.5, 0.6) is 0 Å². The molecule has 0 unspecified atom stereocenters. The average Bonchev–Trinajstić information content (AvgIpc) is 2.59. The number of nitrogens with one attached hydrogen (secondary N) is 2. The van der Waals surface area contributed by atoms with Gasteiger partial charge in [0.15, 0.2) is 0 Å². The first kappa shape index (κ1) is 17.6. The largest absolute Gasteiger partial charge is 0.352 e. The second-order valence-electron chi connectivity index (χ2n) is 6.13. The lowest BCUT2D eigenvalue weighted by Crippen LogP contribution is -2.39. The molecule has 0 bridgehead atoms. The van der Waals surface area contributed by atoms with Crippen LogP contribution < -0.4 is 10.0 Å². The number of benzene rings is 1. The van der Waals surface area contributed by atoms with Gasteiger partial charge in [0, 0.05) is 30.5 Å². The number of aromatic nitrogens is 1. The Morgan fingerprint density at radius 1 is 1.08 bits per heavy atom. The molecule has 6 nitrogen and oxygen atoms in total. The SMILES string of the molecule is O=C(NCCc1ccncc1)c1ccc(S(=O)(=O)NC2CCC2)cc1. The van der Waals surface area contributed by atoms with E-state index in [0.717, 1.165) is 24.8 Å². The molecule has 2 N–H and O–H groups in total. The Labute approximate surface area is 147 Å². The lowest BCUT2D eigenvalue weighted by Gasteiger charge is -2.26. The molecule has 1 aromatic carbocycles. The zero-order chi connectivity index (χ0) is 17.7. The zero-order valence-electron chi connectivity index (χ0n) is 13.8. The van der Waals surface area contributed by atoms with E-state index in [9.17, 15) is 13.2 Å². The maximum Gasteiger partial charge on any atom is 0.251 e. The van der Waals surface area contributed by atoms with Crippen molar-refractivity contribution in [2.24, 2.45) is 0 Å². The van der Waals surface area contributed by atoms with Gasteiger partial charge in [-0.05, 0) is 61.2 Å². The number of rotatable bonds is 7. The van der Waals surface area contributed by atoms with Crippen molar-refractivity contribution in [1.29, 1.82) is 0 Å². The van der Waals surface area contributed by atoms with E-state index in [2.05, 4.69) is 15.0 Å². The van der Waals surface area contributed by atoms with Crippen molar-refractivity contribution in [2.45, 2.75) is 36.6 Å². The van der Waals surface area contributed by atoms with Crippen LogP contribution in [0.25, 0.3) is 0 Å². The summed E-state index contributed by atoms with van der Waals surface area (Å²) < 4.78 is 27.1. The molecule has 1 aliphatic rings. The Hall–Kier alpha value is -2.25.